The van der Waals surface area contributed by atoms with Crippen molar-refractivity contribution in [3.05, 3.63) is 18.2 Å². The predicted molar refractivity (Wildman–Crippen MR) is 69.9 cm³/mol. The summed E-state index contributed by atoms with van der Waals surface area (Å²) < 4.78 is 2.19. The fraction of sp³-hybridized carbons (Fsp3) is 0.769. The monoisotopic (exact) mass is 236 g/mol. The number of rotatable bonds is 6. The van der Waals surface area contributed by atoms with E-state index in [9.17, 15) is 0 Å². The van der Waals surface area contributed by atoms with Gasteiger partial charge in [-0.2, -0.15) is 0 Å². The third-order valence-corrected chi connectivity index (χ3v) is 3.73. The number of aryl methyl sites for hydroxylation is 1. The number of aromatic nitrogens is 2. The maximum atomic E-state index is 4.19. The van der Waals surface area contributed by atoms with Crippen LogP contribution in [0.15, 0.2) is 12.5 Å². The average Bonchev–Trinajstić information content (AvgIpc) is 2.97. The van der Waals surface area contributed by atoms with E-state index in [1.807, 2.05) is 12.5 Å². The lowest BCUT2D eigenvalue weighted by atomic mass is 10.2. The molecule has 0 spiro atoms. The molecule has 1 saturated heterocycles. The van der Waals surface area contributed by atoms with Gasteiger partial charge >= 0.3 is 0 Å². The average molecular weight is 236 g/mol. The van der Waals surface area contributed by atoms with Gasteiger partial charge in [0, 0.05) is 31.9 Å². The van der Waals surface area contributed by atoms with Crippen LogP contribution >= 0.6 is 0 Å². The number of imidazole rings is 1. The third kappa shape index (κ3) is 3.07. The summed E-state index contributed by atoms with van der Waals surface area (Å²) in [6.45, 7) is 9.90. The summed E-state index contributed by atoms with van der Waals surface area (Å²) in [6.07, 6.45) is 6.56. The van der Waals surface area contributed by atoms with Crippen LogP contribution in [0.3, 0.4) is 0 Å². The molecule has 2 rings (SSSR count). The van der Waals surface area contributed by atoms with Crippen LogP contribution in [0.1, 0.15) is 32.4 Å². The molecule has 1 aromatic heterocycles. The molecule has 1 aromatic rings. The van der Waals surface area contributed by atoms with Gasteiger partial charge in [0.05, 0.1) is 12.0 Å². The van der Waals surface area contributed by atoms with Gasteiger partial charge in [0.2, 0.25) is 0 Å². The van der Waals surface area contributed by atoms with Crippen LogP contribution in [0, 0.1) is 0 Å². The van der Waals surface area contributed by atoms with Crippen LogP contribution in [-0.2, 0) is 13.1 Å². The summed E-state index contributed by atoms with van der Waals surface area (Å²) >= 11 is 0. The summed E-state index contributed by atoms with van der Waals surface area (Å²) in [6, 6.07) is 0.734. The van der Waals surface area contributed by atoms with Crippen LogP contribution in [0.4, 0.5) is 0 Å². The molecule has 2 heterocycles. The van der Waals surface area contributed by atoms with Gasteiger partial charge in [-0.25, -0.2) is 4.98 Å². The van der Waals surface area contributed by atoms with E-state index >= 15 is 0 Å². The van der Waals surface area contributed by atoms with Gasteiger partial charge in [-0.1, -0.05) is 6.92 Å². The smallest absolute Gasteiger partial charge is 0.0948 e. The summed E-state index contributed by atoms with van der Waals surface area (Å²) in [5.74, 6) is 0. The second kappa shape index (κ2) is 6.17. The summed E-state index contributed by atoms with van der Waals surface area (Å²) in [5, 5.41) is 3.57. The van der Waals surface area contributed by atoms with E-state index in [1.54, 1.807) is 0 Å². The van der Waals surface area contributed by atoms with Gasteiger partial charge in [0.1, 0.15) is 0 Å². The first-order valence-corrected chi connectivity index (χ1v) is 6.79. The standard InChI is InChI=1S/C13H24N4/c1-3-16-7-5-6-12(16)8-14-9-13-10-15-11-17(13)4-2/h10-12,14H,3-9H2,1-2H3. The number of likely N-dealkylation sites (tertiary alicyclic amines) is 1. The molecule has 1 aliphatic heterocycles. The topological polar surface area (TPSA) is 33.1 Å². The lowest BCUT2D eigenvalue weighted by Crippen LogP contribution is -2.37. The van der Waals surface area contributed by atoms with E-state index in [4.69, 9.17) is 0 Å². The minimum atomic E-state index is 0.734. The zero-order valence-corrected chi connectivity index (χ0v) is 11.0. The Morgan fingerprint density at radius 1 is 1.41 bits per heavy atom. The van der Waals surface area contributed by atoms with E-state index in [0.717, 1.165) is 25.7 Å². The molecule has 0 radical (unpaired) electrons. The molecule has 4 heteroatoms. The van der Waals surface area contributed by atoms with Crippen LogP contribution < -0.4 is 5.32 Å². The first kappa shape index (κ1) is 12.6. The number of hydrogen-bond acceptors (Lipinski definition) is 3. The maximum absolute atomic E-state index is 4.19. The minimum absolute atomic E-state index is 0.734. The van der Waals surface area contributed by atoms with Gasteiger partial charge in [-0.05, 0) is 32.9 Å². The van der Waals surface area contributed by atoms with E-state index in [0.29, 0.717) is 0 Å². The highest BCUT2D eigenvalue weighted by Gasteiger charge is 2.22. The van der Waals surface area contributed by atoms with Gasteiger partial charge < -0.3 is 9.88 Å². The SMILES string of the molecule is CCN1CCCC1CNCc1cncn1CC. The second-order valence-corrected chi connectivity index (χ2v) is 4.73. The highest BCUT2D eigenvalue weighted by atomic mass is 15.2. The zero-order chi connectivity index (χ0) is 12.1. The van der Waals surface area contributed by atoms with Gasteiger partial charge in [-0.15, -0.1) is 0 Å². The molecule has 1 fully saturated rings. The maximum Gasteiger partial charge on any atom is 0.0948 e. The van der Waals surface area contributed by atoms with Crippen molar-refractivity contribution in [2.45, 2.75) is 45.8 Å². The molecule has 4 nitrogen and oxygen atoms in total. The van der Waals surface area contributed by atoms with Crippen LogP contribution in [0.25, 0.3) is 0 Å². The van der Waals surface area contributed by atoms with E-state index in [2.05, 4.69) is 33.6 Å². The molecule has 1 unspecified atom stereocenters. The van der Waals surface area contributed by atoms with E-state index in [-0.39, 0.29) is 0 Å². The Morgan fingerprint density at radius 2 is 2.29 bits per heavy atom. The van der Waals surface area contributed by atoms with Gasteiger partial charge in [0.25, 0.3) is 0 Å². The fourth-order valence-electron chi connectivity index (χ4n) is 2.69. The molecule has 0 bridgehead atoms. The summed E-state index contributed by atoms with van der Waals surface area (Å²) in [4.78, 5) is 6.76. The quantitative estimate of drug-likeness (QED) is 0.812. The lowest BCUT2D eigenvalue weighted by Gasteiger charge is -2.23. The Morgan fingerprint density at radius 3 is 3.06 bits per heavy atom. The molecule has 17 heavy (non-hydrogen) atoms. The van der Waals surface area contributed by atoms with Crippen molar-refractivity contribution in [3.8, 4) is 0 Å². The molecule has 1 N–H and O–H groups in total. The molecule has 0 aromatic carbocycles. The molecule has 1 aliphatic rings. The van der Waals surface area contributed by atoms with Crippen molar-refractivity contribution in [2.24, 2.45) is 0 Å². The Bertz CT molecular complexity index is 334. The molecule has 0 amide bonds. The van der Waals surface area contributed by atoms with E-state index < -0.39 is 0 Å². The highest BCUT2D eigenvalue weighted by molar-refractivity contribution is 4.97. The number of hydrogen-bond donors (Lipinski definition) is 1. The van der Waals surface area contributed by atoms with Crippen LogP contribution in [0.2, 0.25) is 0 Å². The predicted octanol–water partition coefficient (Wildman–Crippen LogP) is 1.48. The normalized spacial score (nSPS) is 21.2. The fourth-order valence-corrected chi connectivity index (χ4v) is 2.69. The van der Waals surface area contributed by atoms with Gasteiger partial charge in [0.15, 0.2) is 0 Å². The second-order valence-electron chi connectivity index (χ2n) is 4.73. The first-order chi connectivity index (χ1) is 8.35. The van der Waals surface area contributed by atoms with Crippen molar-refractivity contribution < 1.29 is 0 Å². The zero-order valence-electron chi connectivity index (χ0n) is 11.0. The molecule has 0 saturated carbocycles. The Kier molecular flexibility index (Phi) is 4.57. The Hall–Kier alpha value is -0.870. The van der Waals surface area contributed by atoms with Crippen molar-refractivity contribution >= 4 is 0 Å². The van der Waals surface area contributed by atoms with Crippen molar-refractivity contribution in [3.63, 3.8) is 0 Å². The highest BCUT2D eigenvalue weighted by Crippen LogP contribution is 2.15. The molecule has 1 atom stereocenters. The van der Waals surface area contributed by atoms with Crippen LogP contribution in [0.5, 0.6) is 0 Å². The minimum Gasteiger partial charge on any atom is -0.334 e. The van der Waals surface area contributed by atoms with Crippen molar-refractivity contribution in [1.29, 1.82) is 0 Å². The molecular weight excluding hydrogens is 212 g/mol. The summed E-state index contributed by atoms with van der Waals surface area (Å²) in [5.41, 5.74) is 1.29. The molecular formula is C13H24N4. The van der Waals surface area contributed by atoms with Crippen molar-refractivity contribution in [2.75, 3.05) is 19.6 Å². The third-order valence-electron chi connectivity index (χ3n) is 3.73. The van der Waals surface area contributed by atoms with E-state index in [1.165, 1.54) is 31.6 Å². The van der Waals surface area contributed by atoms with Crippen LogP contribution in [-0.4, -0.2) is 40.1 Å². The van der Waals surface area contributed by atoms with Gasteiger partial charge in [-0.3, -0.25) is 4.90 Å². The summed E-state index contributed by atoms with van der Waals surface area (Å²) in [7, 11) is 0. The number of nitrogens with one attached hydrogen (secondary N) is 1. The number of nitrogens with zero attached hydrogens (tertiary/aromatic N) is 3. The molecule has 96 valence electrons. The first-order valence-electron chi connectivity index (χ1n) is 6.79. The van der Waals surface area contributed by atoms with Crippen molar-refractivity contribution in [1.82, 2.24) is 19.8 Å². The number of likely N-dealkylation sites (N-methyl/N-ethyl adjacent to an activating group) is 1. The molecule has 0 aliphatic carbocycles. The Labute approximate surface area is 104 Å². The largest absolute Gasteiger partial charge is 0.334 e. The lowest BCUT2D eigenvalue weighted by molar-refractivity contribution is 0.259. The Balaban J connectivity index is 1.76.